The van der Waals surface area contributed by atoms with Gasteiger partial charge in [-0.05, 0) is 23.8 Å². The lowest BCUT2D eigenvalue weighted by atomic mass is 10.2. The molecule has 2 aromatic rings. The van der Waals surface area contributed by atoms with Crippen LogP contribution in [0.1, 0.15) is 15.9 Å². The van der Waals surface area contributed by atoms with Crippen molar-refractivity contribution >= 4 is 28.1 Å². The molecule has 0 unspecified atom stereocenters. The van der Waals surface area contributed by atoms with Crippen molar-refractivity contribution in [3.8, 4) is 5.75 Å². The number of hydrogen-bond donors (Lipinski definition) is 1. The van der Waals surface area contributed by atoms with Gasteiger partial charge in [-0.2, -0.15) is 5.10 Å². The molecule has 0 aliphatic heterocycles. The lowest BCUT2D eigenvalue weighted by molar-refractivity contribution is 0.0951. The summed E-state index contributed by atoms with van der Waals surface area (Å²) in [6.45, 7) is 3.92. The first-order chi connectivity index (χ1) is 10.7. The number of hydrazone groups is 1. The molecule has 0 saturated carbocycles. The van der Waals surface area contributed by atoms with Crippen molar-refractivity contribution in [3.05, 3.63) is 76.8 Å². The topological polar surface area (TPSA) is 50.7 Å². The van der Waals surface area contributed by atoms with Crippen molar-refractivity contribution < 1.29 is 9.53 Å². The number of nitrogens with one attached hydrogen (secondary N) is 1. The molecule has 0 aliphatic carbocycles. The van der Waals surface area contributed by atoms with Crippen LogP contribution in [0.4, 0.5) is 0 Å². The zero-order valence-corrected chi connectivity index (χ0v) is 13.4. The molecule has 0 spiro atoms. The van der Waals surface area contributed by atoms with Gasteiger partial charge in [0, 0.05) is 4.47 Å². The number of hydrogen-bond acceptors (Lipinski definition) is 3. The Labute approximate surface area is 137 Å². The standard InChI is InChI=1S/C17H15BrN2O2/c1-2-10-22-16-9-8-14(18)11-15(16)17(21)20-19-12-13-6-4-3-5-7-13/h2-9,11-12H,1,10H2,(H,20,21). The second kappa shape index (κ2) is 8.14. The molecule has 1 N–H and O–H groups in total. The van der Waals surface area contributed by atoms with E-state index in [2.05, 4.69) is 33.0 Å². The highest BCUT2D eigenvalue weighted by Crippen LogP contribution is 2.23. The molecular formula is C17H15BrN2O2. The minimum Gasteiger partial charge on any atom is -0.489 e. The van der Waals surface area contributed by atoms with E-state index in [1.54, 1.807) is 24.4 Å². The summed E-state index contributed by atoms with van der Waals surface area (Å²) in [5, 5.41) is 3.95. The fraction of sp³-hybridized carbons (Fsp3) is 0.0588. The quantitative estimate of drug-likeness (QED) is 0.485. The number of carbonyl (C=O) groups excluding carboxylic acids is 1. The summed E-state index contributed by atoms with van der Waals surface area (Å²) in [7, 11) is 0. The molecule has 0 saturated heterocycles. The molecule has 1 amide bonds. The van der Waals surface area contributed by atoms with Crippen molar-refractivity contribution in [1.29, 1.82) is 0 Å². The average Bonchev–Trinajstić information content (AvgIpc) is 2.54. The van der Waals surface area contributed by atoms with E-state index in [0.717, 1.165) is 10.0 Å². The summed E-state index contributed by atoms with van der Waals surface area (Å²) in [6, 6.07) is 14.7. The molecule has 4 nitrogen and oxygen atoms in total. The molecule has 2 rings (SSSR count). The third-order valence-electron chi connectivity index (χ3n) is 2.72. The molecule has 0 bridgehead atoms. The number of ether oxygens (including phenoxy) is 1. The molecule has 112 valence electrons. The van der Waals surface area contributed by atoms with Crippen LogP contribution >= 0.6 is 15.9 Å². The minimum absolute atomic E-state index is 0.329. The number of nitrogens with zero attached hydrogens (tertiary/aromatic N) is 1. The summed E-state index contributed by atoms with van der Waals surface area (Å²) < 4.78 is 6.26. The Kier molecular flexibility index (Phi) is 5.91. The molecular weight excluding hydrogens is 344 g/mol. The molecule has 0 atom stereocenters. The van der Waals surface area contributed by atoms with Gasteiger partial charge in [0.2, 0.25) is 0 Å². The molecule has 0 aliphatic rings. The summed E-state index contributed by atoms with van der Waals surface area (Å²) >= 11 is 3.34. The summed E-state index contributed by atoms with van der Waals surface area (Å²) in [5.74, 6) is 0.142. The molecule has 0 aromatic heterocycles. The van der Waals surface area contributed by atoms with E-state index in [1.165, 1.54) is 0 Å². The number of halogens is 1. The van der Waals surface area contributed by atoms with Gasteiger partial charge in [-0.15, -0.1) is 0 Å². The average molecular weight is 359 g/mol. The number of amides is 1. The fourth-order valence-electron chi connectivity index (χ4n) is 1.72. The predicted octanol–water partition coefficient (Wildman–Crippen LogP) is 3.78. The molecule has 22 heavy (non-hydrogen) atoms. The molecule has 5 heteroatoms. The van der Waals surface area contributed by atoms with Crippen LogP contribution in [0.15, 0.2) is 70.8 Å². The van der Waals surface area contributed by atoms with Crippen LogP contribution in [0, 0.1) is 0 Å². The van der Waals surface area contributed by atoms with Gasteiger partial charge in [0.15, 0.2) is 0 Å². The van der Waals surface area contributed by atoms with Crippen molar-refractivity contribution in [2.75, 3.05) is 6.61 Å². The number of rotatable bonds is 6. The maximum absolute atomic E-state index is 12.2. The highest BCUT2D eigenvalue weighted by atomic mass is 79.9. The van der Waals surface area contributed by atoms with Crippen LogP contribution in [-0.4, -0.2) is 18.7 Å². The van der Waals surface area contributed by atoms with Crippen LogP contribution in [0.25, 0.3) is 0 Å². The lowest BCUT2D eigenvalue weighted by Crippen LogP contribution is -2.18. The van der Waals surface area contributed by atoms with Crippen molar-refractivity contribution in [3.63, 3.8) is 0 Å². The maximum Gasteiger partial charge on any atom is 0.275 e. The first-order valence-electron chi connectivity index (χ1n) is 6.62. The summed E-state index contributed by atoms with van der Waals surface area (Å²) in [4.78, 5) is 12.2. The van der Waals surface area contributed by atoms with Gasteiger partial charge in [-0.25, -0.2) is 5.43 Å². The minimum atomic E-state index is -0.340. The zero-order chi connectivity index (χ0) is 15.8. The molecule has 2 aromatic carbocycles. The van der Waals surface area contributed by atoms with E-state index in [9.17, 15) is 4.79 Å². The smallest absolute Gasteiger partial charge is 0.275 e. The van der Waals surface area contributed by atoms with Crippen molar-refractivity contribution in [2.24, 2.45) is 5.10 Å². The van der Waals surface area contributed by atoms with E-state index >= 15 is 0 Å². The third-order valence-corrected chi connectivity index (χ3v) is 3.22. The SMILES string of the molecule is C=CCOc1ccc(Br)cc1C(=O)NN=Cc1ccccc1. The fourth-order valence-corrected chi connectivity index (χ4v) is 2.08. The van der Waals surface area contributed by atoms with Crippen LogP contribution in [0.2, 0.25) is 0 Å². The zero-order valence-electron chi connectivity index (χ0n) is 11.8. The van der Waals surface area contributed by atoms with Crippen LogP contribution < -0.4 is 10.2 Å². The first-order valence-corrected chi connectivity index (χ1v) is 7.41. The molecule has 0 fully saturated rings. The van der Waals surface area contributed by atoms with E-state index in [-0.39, 0.29) is 5.91 Å². The van der Waals surface area contributed by atoms with E-state index in [1.807, 2.05) is 36.4 Å². The second-order valence-corrected chi connectivity index (χ2v) is 5.27. The maximum atomic E-state index is 12.2. The number of carbonyl (C=O) groups is 1. The van der Waals surface area contributed by atoms with E-state index in [4.69, 9.17) is 4.74 Å². The monoisotopic (exact) mass is 358 g/mol. The van der Waals surface area contributed by atoms with Gasteiger partial charge >= 0.3 is 0 Å². The molecule has 0 heterocycles. The Hall–Kier alpha value is -2.40. The number of benzene rings is 2. The van der Waals surface area contributed by atoms with Crippen LogP contribution in [-0.2, 0) is 0 Å². The van der Waals surface area contributed by atoms with Gasteiger partial charge in [-0.3, -0.25) is 4.79 Å². The highest BCUT2D eigenvalue weighted by molar-refractivity contribution is 9.10. The molecule has 0 radical (unpaired) electrons. The Bertz CT molecular complexity index is 684. The lowest BCUT2D eigenvalue weighted by Gasteiger charge is -2.09. The summed E-state index contributed by atoms with van der Waals surface area (Å²) in [6.07, 6.45) is 3.21. The summed E-state index contributed by atoms with van der Waals surface area (Å²) in [5.41, 5.74) is 3.80. The van der Waals surface area contributed by atoms with Gasteiger partial charge in [-0.1, -0.05) is 58.9 Å². The largest absolute Gasteiger partial charge is 0.489 e. The first kappa shape index (κ1) is 16.0. The van der Waals surface area contributed by atoms with Crippen LogP contribution in [0.5, 0.6) is 5.75 Å². The van der Waals surface area contributed by atoms with E-state index < -0.39 is 0 Å². The highest BCUT2D eigenvalue weighted by Gasteiger charge is 2.12. The van der Waals surface area contributed by atoms with Gasteiger partial charge < -0.3 is 4.74 Å². The van der Waals surface area contributed by atoms with Gasteiger partial charge in [0.05, 0.1) is 11.8 Å². The van der Waals surface area contributed by atoms with E-state index in [0.29, 0.717) is 17.9 Å². The van der Waals surface area contributed by atoms with Crippen LogP contribution in [0.3, 0.4) is 0 Å². The van der Waals surface area contributed by atoms with Gasteiger partial charge in [0.1, 0.15) is 12.4 Å². The predicted molar refractivity (Wildman–Crippen MR) is 91.3 cm³/mol. The Balaban J connectivity index is 2.10. The van der Waals surface area contributed by atoms with Gasteiger partial charge in [0.25, 0.3) is 5.91 Å². The Morgan fingerprint density at radius 2 is 2.05 bits per heavy atom. The second-order valence-electron chi connectivity index (χ2n) is 4.35. The van der Waals surface area contributed by atoms with Crippen molar-refractivity contribution in [1.82, 2.24) is 5.43 Å². The van der Waals surface area contributed by atoms with Crippen molar-refractivity contribution in [2.45, 2.75) is 0 Å². The third kappa shape index (κ3) is 4.56. The Morgan fingerprint density at radius 3 is 2.77 bits per heavy atom. The Morgan fingerprint density at radius 1 is 1.27 bits per heavy atom. The normalized spacial score (nSPS) is 10.4.